The lowest BCUT2D eigenvalue weighted by molar-refractivity contribution is -0.127. The molecule has 0 aliphatic heterocycles. The Bertz CT molecular complexity index is 595. The van der Waals surface area contributed by atoms with Gasteiger partial charge in [0.15, 0.2) is 6.10 Å². The van der Waals surface area contributed by atoms with E-state index in [-0.39, 0.29) is 11.9 Å². The van der Waals surface area contributed by atoms with Crippen LogP contribution in [0.5, 0.6) is 11.5 Å². The lowest BCUT2D eigenvalue weighted by atomic mass is 10.1. The van der Waals surface area contributed by atoms with Gasteiger partial charge < -0.3 is 14.8 Å². The number of hydrogen-bond acceptors (Lipinski definition) is 3. The molecule has 0 saturated carbocycles. The van der Waals surface area contributed by atoms with Crippen LogP contribution in [0.1, 0.15) is 25.5 Å². The Morgan fingerprint density at radius 2 is 1.59 bits per heavy atom. The summed E-state index contributed by atoms with van der Waals surface area (Å²) in [6.45, 7) is 3.68. The number of methoxy groups -OCH3 is 1. The van der Waals surface area contributed by atoms with E-state index in [2.05, 4.69) is 5.32 Å². The fraction of sp³-hybridized carbons (Fsp3) is 0.278. The molecular weight excluding hydrogens is 278 g/mol. The minimum atomic E-state index is -0.553. The third-order valence-electron chi connectivity index (χ3n) is 3.40. The average molecular weight is 299 g/mol. The van der Waals surface area contributed by atoms with E-state index in [0.29, 0.717) is 5.75 Å². The number of hydrogen-bond donors (Lipinski definition) is 1. The normalized spacial score (nSPS) is 13.0. The second-order valence-electron chi connectivity index (χ2n) is 5.08. The third kappa shape index (κ3) is 4.25. The molecule has 0 aliphatic carbocycles. The summed E-state index contributed by atoms with van der Waals surface area (Å²) in [5.74, 6) is 1.33. The quantitative estimate of drug-likeness (QED) is 0.890. The molecule has 0 fully saturated rings. The second kappa shape index (κ2) is 7.50. The van der Waals surface area contributed by atoms with Gasteiger partial charge in [-0.3, -0.25) is 4.79 Å². The van der Waals surface area contributed by atoms with E-state index in [1.165, 1.54) is 0 Å². The van der Waals surface area contributed by atoms with Crippen LogP contribution in [0.2, 0.25) is 0 Å². The predicted molar refractivity (Wildman–Crippen MR) is 86.1 cm³/mol. The predicted octanol–water partition coefficient (Wildman–Crippen LogP) is 3.34. The van der Waals surface area contributed by atoms with Crippen LogP contribution >= 0.6 is 0 Å². The Morgan fingerprint density at radius 1 is 0.955 bits per heavy atom. The van der Waals surface area contributed by atoms with E-state index in [1.807, 2.05) is 61.5 Å². The lowest BCUT2D eigenvalue weighted by Crippen LogP contribution is -2.37. The number of carbonyl (C=O) groups excluding carboxylic acids is 1. The van der Waals surface area contributed by atoms with Crippen LogP contribution in [0.4, 0.5) is 0 Å². The largest absolute Gasteiger partial charge is 0.497 e. The maximum atomic E-state index is 12.2. The molecule has 2 atom stereocenters. The molecular formula is C18H21NO3. The Morgan fingerprint density at radius 3 is 2.18 bits per heavy atom. The fourth-order valence-corrected chi connectivity index (χ4v) is 2.06. The molecule has 2 rings (SSSR count). The third-order valence-corrected chi connectivity index (χ3v) is 3.40. The summed E-state index contributed by atoms with van der Waals surface area (Å²) in [6, 6.07) is 16.8. The Balaban J connectivity index is 1.92. The molecule has 0 unspecified atom stereocenters. The highest BCUT2D eigenvalue weighted by molar-refractivity contribution is 5.81. The van der Waals surface area contributed by atoms with Crippen molar-refractivity contribution >= 4 is 5.91 Å². The first-order valence-electron chi connectivity index (χ1n) is 7.26. The van der Waals surface area contributed by atoms with E-state index in [0.717, 1.165) is 11.3 Å². The van der Waals surface area contributed by atoms with Crippen molar-refractivity contribution in [2.45, 2.75) is 26.0 Å². The van der Waals surface area contributed by atoms with Gasteiger partial charge in [-0.2, -0.15) is 0 Å². The number of ether oxygens (including phenoxy) is 2. The highest BCUT2D eigenvalue weighted by Gasteiger charge is 2.17. The molecule has 4 heteroatoms. The topological polar surface area (TPSA) is 47.6 Å². The number of rotatable bonds is 6. The van der Waals surface area contributed by atoms with Gasteiger partial charge in [0.1, 0.15) is 11.5 Å². The maximum absolute atomic E-state index is 12.2. The summed E-state index contributed by atoms with van der Waals surface area (Å²) in [5, 5.41) is 2.95. The monoisotopic (exact) mass is 299 g/mol. The number of amides is 1. The summed E-state index contributed by atoms with van der Waals surface area (Å²) in [6.07, 6.45) is -0.553. The molecule has 0 aromatic heterocycles. The number of benzene rings is 2. The molecule has 0 radical (unpaired) electrons. The van der Waals surface area contributed by atoms with Crippen molar-refractivity contribution < 1.29 is 14.3 Å². The van der Waals surface area contributed by atoms with Gasteiger partial charge in [-0.15, -0.1) is 0 Å². The molecule has 4 nitrogen and oxygen atoms in total. The van der Waals surface area contributed by atoms with Crippen LogP contribution < -0.4 is 14.8 Å². The number of carbonyl (C=O) groups is 1. The van der Waals surface area contributed by atoms with Gasteiger partial charge in [0, 0.05) is 0 Å². The zero-order chi connectivity index (χ0) is 15.9. The zero-order valence-electron chi connectivity index (χ0n) is 13.1. The molecule has 0 heterocycles. The first-order valence-corrected chi connectivity index (χ1v) is 7.26. The van der Waals surface area contributed by atoms with Crippen molar-refractivity contribution in [1.29, 1.82) is 0 Å². The minimum absolute atomic E-state index is 0.0970. The van der Waals surface area contributed by atoms with Crippen molar-refractivity contribution in [1.82, 2.24) is 5.32 Å². The highest BCUT2D eigenvalue weighted by atomic mass is 16.5. The van der Waals surface area contributed by atoms with Crippen LogP contribution in [0.3, 0.4) is 0 Å². The molecule has 1 amide bonds. The van der Waals surface area contributed by atoms with E-state index < -0.39 is 6.10 Å². The first kappa shape index (κ1) is 15.9. The molecule has 0 spiro atoms. The van der Waals surface area contributed by atoms with Crippen molar-refractivity contribution in [2.75, 3.05) is 7.11 Å². The van der Waals surface area contributed by atoms with E-state index >= 15 is 0 Å². The molecule has 0 aliphatic rings. The molecule has 2 aromatic rings. The lowest BCUT2D eigenvalue weighted by Gasteiger charge is -2.19. The molecule has 1 N–H and O–H groups in total. The van der Waals surface area contributed by atoms with Crippen LogP contribution in [0, 0.1) is 0 Å². The minimum Gasteiger partial charge on any atom is -0.497 e. The van der Waals surface area contributed by atoms with Gasteiger partial charge >= 0.3 is 0 Å². The van der Waals surface area contributed by atoms with Crippen molar-refractivity contribution in [2.24, 2.45) is 0 Å². The number of nitrogens with one attached hydrogen (secondary N) is 1. The Hall–Kier alpha value is -2.49. The summed E-state index contributed by atoms with van der Waals surface area (Å²) >= 11 is 0. The molecule has 0 saturated heterocycles. The standard InChI is InChI=1S/C18H21NO3/c1-13(15-9-11-16(21-3)12-10-15)19-18(20)14(2)22-17-7-5-4-6-8-17/h4-14H,1-3H3,(H,19,20)/t13-,14+/m0/s1. The van der Waals surface area contributed by atoms with Gasteiger partial charge in [-0.1, -0.05) is 30.3 Å². The van der Waals surface area contributed by atoms with Crippen molar-refractivity contribution in [3.8, 4) is 11.5 Å². The van der Waals surface area contributed by atoms with Gasteiger partial charge in [0.05, 0.1) is 13.2 Å². The summed E-state index contributed by atoms with van der Waals surface area (Å²) in [4.78, 5) is 12.2. The SMILES string of the molecule is COc1ccc([C@H](C)NC(=O)[C@@H](C)Oc2ccccc2)cc1. The average Bonchev–Trinajstić information content (AvgIpc) is 2.55. The smallest absolute Gasteiger partial charge is 0.261 e. The van der Waals surface area contributed by atoms with Crippen molar-refractivity contribution in [3.05, 3.63) is 60.2 Å². The maximum Gasteiger partial charge on any atom is 0.261 e. The molecule has 0 bridgehead atoms. The van der Waals surface area contributed by atoms with Crippen LogP contribution in [0.25, 0.3) is 0 Å². The summed E-state index contributed by atoms with van der Waals surface area (Å²) < 4.78 is 10.7. The molecule has 116 valence electrons. The molecule has 22 heavy (non-hydrogen) atoms. The Labute approximate surface area is 131 Å². The summed E-state index contributed by atoms with van der Waals surface area (Å²) in [5.41, 5.74) is 1.01. The van der Waals surface area contributed by atoms with E-state index in [9.17, 15) is 4.79 Å². The Kier molecular flexibility index (Phi) is 5.42. The summed E-state index contributed by atoms with van der Waals surface area (Å²) in [7, 11) is 1.63. The molecule has 2 aromatic carbocycles. The van der Waals surface area contributed by atoms with Crippen LogP contribution in [-0.4, -0.2) is 19.1 Å². The van der Waals surface area contributed by atoms with Crippen LogP contribution in [-0.2, 0) is 4.79 Å². The van der Waals surface area contributed by atoms with Crippen molar-refractivity contribution in [3.63, 3.8) is 0 Å². The highest BCUT2D eigenvalue weighted by Crippen LogP contribution is 2.18. The first-order chi connectivity index (χ1) is 10.6. The van der Waals surface area contributed by atoms with Gasteiger partial charge in [0.2, 0.25) is 0 Å². The second-order valence-corrected chi connectivity index (χ2v) is 5.08. The van der Waals surface area contributed by atoms with Gasteiger partial charge in [-0.05, 0) is 43.7 Å². The van der Waals surface area contributed by atoms with Gasteiger partial charge in [-0.25, -0.2) is 0 Å². The number of para-hydroxylation sites is 1. The van der Waals surface area contributed by atoms with Gasteiger partial charge in [0.25, 0.3) is 5.91 Å². The fourth-order valence-electron chi connectivity index (χ4n) is 2.06. The van der Waals surface area contributed by atoms with E-state index in [1.54, 1.807) is 14.0 Å². The van der Waals surface area contributed by atoms with Crippen LogP contribution in [0.15, 0.2) is 54.6 Å². The zero-order valence-corrected chi connectivity index (χ0v) is 13.1. The van der Waals surface area contributed by atoms with E-state index in [4.69, 9.17) is 9.47 Å².